The molecule has 0 atom stereocenters. The topological polar surface area (TPSA) is 60.7 Å². The average molecular weight is 375 g/mol. The van der Waals surface area contributed by atoms with Gasteiger partial charge in [0.15, 0.2) is 0 Å². The van der Waals surface area contributed by atoms with E-state index in [4.69, 9.17) is 0 Å². The van der Waals surface area contributed by atoms with Crippen LogP contribution in [-0.4, -0.2) is 32.1 Å². The van der Waals surface area contributed by atoms with Crippen molar-refractivity contribution in [3.63, 3.8) is 0 Å². The van der Waals surface area contributed by atoms with Crippen molar-refractivity contribution >= 4 is 0 Å². The molecule has 3 heteroatoms. The third-order valence-electron chi connectivity index (χ3n) is 6.52. The van der Waals surface area contributed by atoms with Crippen LogP contribution in [0.4, 0.5) is 0 Å². The predicted octanol–water partition coefficient (Wildman–Crippen LogP) is 5.94. The van der Waals surface area contributed by atoms with E-state index in [9.17, 15) is 15.3 Å². The van der Waals surface area contributed by atoms with E-state index < -0.39 is 11.2 Å². The van der Waals surface area contributed by atoms with Crippen LogP contribution in [0.2, 0.25) is 0 Å². The maximum absolute atomic E-state index is 9.97. The van der Waals surface area contributed by atoms with E-state index in [1.54, 1.807) is 0 Å². The van der Waals surface area contributed by atoms with Gasteiger partial charge in [-0.25, -0.2) is 0 Å². The monoisotopic (exact) mass is 374 g/mol. The van der Waals surface area contributed by atoms with Crippen molar-refractivity contribution in [1.82, 2.24) is 0 Å². The molecule has 0 aromatic heterocycles. The third kappa shape index (κ3) is 8.71. The minimum atomic E-state index is -0.562. The fourth-order valence-electron chi connectivity index (χ4n) is 2.18. The molecule has 0 bridgehead atoms. The molecule has 26 heavy (non-hydrogen) atoms. The molecule has 3 N–H and O–H groups in total. The summed E-state index contributed by atoms with van der Waals surface area (Å²) in [6.45, 7) is 26.3. The first-order valence-corrected chi connectivity index (χ1v) is 10.2. The predicted molar refractivity (Wildman–Crippen MR) is 114 cm³/mol. The van der Waals surface area contributed by atoms with Gasteiger partial charge in [0.2, 0.25) is 0 Å². The van der Waals surface area contributed by atoms with E-state index in [1.807, 2.05) is 48.5 Å². The average Bonchev–Trinajstić information content (AvgIpc) is 3.14. The minimum Gasteiger partial charge on any atom is -0.390 e. The van der Waals surface area contributed by atoms with E-state index in [0.717, 1.165) is 25.7 Å². The summed E-state index contributed by atoms with van der Waals surface area (Å²) in [6.07, 6.45) is 3.67. The lowest BCUT2D eigenvalue weighted by Crippen LogP contribution is -2.41. The van der Waals surface area contributed by atoms with Crippen molar-refractivity contribution in [2.24, 2.45) is 16.2 Å². The Morgan fingerprint density at radius 3 is 0.923 bits per heavy atom. The molecule has 0 heterocycles. The Kier molecular flexibility index (Phi) is 9.64. The molecule has 3 nitrogen and oxygen atoms in total. The van der Waals surface area contributed by atoms with Gasteiger partial charge in [0.05, 0.1) is 16.8 Å². The molecule has 1 rings (SSSR count). The first-order valence-electron chi connectivity index (χ1n) is 10.2. The number of hydrogen-bond donors (Lipinski definition) is 3. The van der Waals surface area contributed by atoms with Crippen molar-refractivity contribution < 1.29 is 15.3 Å². The summed E-state index contributed by atoms with van der Waals surface area (Å²) >= 11 is 0. The van der Waals surface area contributed by atoms with Gasteiger partial charge in [-0.05, 0) is 55.8 Å². The summed E-state index contributed by atoms with van der Waals surface area (Å²) in [5.74, 6) is 0. The highest BCUT2D eigenvalue weighted by molar-refractivity contribution is 5.02. The second-order valence-electron chi connectivity index (χ2n) is 11.6. The Labute approximate surface area is 164 Å². The molecular formula is C23H50O3. The van der Waals surface area contributed by atoms with Gasteiger partial charge in [-0.1, -0.05) is 76.2 Å². The van der Waals surface area contributed by atoms with Crippen LogP contribution in [0.1, 0.15) is 116 Å². The van der Waals surface area contributed by atoms with Crippen LogP contribution < -0.4 is 0 Å². The zero-order valence-electron chi connectivity index (χ0n) is 20.2. The molecule has 1 saturated carbocycles. The van der Waals surface area contributed by atoms with Crippen molar-refractivity contribution in [3.8, 4) is 0 Å². The molecule has 0 aromatic carbocycles. The van der Waals surface area contributed by atoms with Crippen LogP contribution in [0.15, 0.2) is 0 Å². The smallest absolute Gasteiger partial charge is 0.0697 e. The molecule has 160 valence electrons. The molecular weight excluding hydrogens is 324 g/mol. The molecule has 0 amide bonds. The van der Waals surface area contributed by atoms with Gasteiger partial charge in [-0.2, -0.15) is 0 Å². The molecule has 0 spiro atoms. The maximum atomic E-state index is 9.97. The first-order chi connectivity index (χ1) is 11.1. The first kappa shape index (κ1) is 28.1. The van der Waals surface area contributed by atoms with Gasteiger partial charge in [0.25, 0.3) is 0 Å². The standard InChI is InChI=1S/C9H20O.C7H14O.C7H16O/c1-6-9(10,7-2)8(3,4)5;1-6(2,3)7(8)4-5-7;1-6(2,3)7(4,5)8/h10H,6-7H2,1-5H3;8H,4-5H2,1-3H3;8H,1-5H3. The quantitative estimate of drug-likeness (QED) is 0.560. The van der Waals surface area contributed by atoms with Crippen molar-refractivity contribution in [1.29, 1.82) is 0 Å². The lowest BCUT2D eigenvalue weighted by molar-refractivity contribution is -0.0636. The van der Waals surface area contributed by atoms with Crippen LogP contribution in [0.3, 0.4) is 0 Å². The largest absolute Gasteiger partial charge is 0.390 e. The summed E-state index contributed by atoms with van der Waals surface area (Å²) in [5.41, 5.74) is -1.25. The highest BCUT2D eigenvalue weighted by Gasteiger charge is 2.50. The maximum Gasteiger partial charge on any atom is 0.0697 e. The van der Waals surface area contributed by atoms with Crippen LogP contribution in [-0.2, 0) is 0 Å². The second-order valence-corrected chi connectivity index (χ2v) is 11.6. The van der Waals surface area contributed by atoms with Crippen LogP contribution in [0.25, 0.3) is 0 Å². The Bertz CT molecular complexity index is 356. The highest BCUT2D eigenvalue weighted by Crippen LogP contribution is 2.49. The van der Waals surface area contributed by atoms with Crippen molar-refractivity contribution in [2.45, 2.75) is 132 Å². The molecule has 1 fully saturated rings. The number of aliphatic hydroxyl groups is 3. The summed E-state index contributed by atoms with van der Waals surface area (Å²) in [4.78, 5) is 0. The summed E-state index contributed by atoms with van der Waals surface area (Å²) in [7, 11) is 0. The zero-order chi connectivity index (χ0) is 21.8. The number of rotatable bonds is 2. The van der Waals surface area contributed by atoms with Gasteiger partial charge in [-0.3, -0.25) is 0 Å². The van der Waals surface area contributed by atoms with Crippen molar-refractivity contribution in [3.05, 3.63) is 0 Å². The second kappa shape index (κ2) is 8.92. The third-order valence-corrected chi connectivity index (χ3v) is 6.52. The highest BCUT2D eigenvalue weighted by atomic mass is 16.3. The van der Waals surface area contributed by atoms with Crippen LogP contribution >= 0.6 is 0 Å². The van der Waals surface area contributed by atoms with E-state index in [1.165, 1.54) is 0 Å². The fourth-order valence-corrected chi connectivity index (χ4v) is 2.18. The van der Waals surface area contributed by atoms with E-state index in [-0.39, 0.29) is 21.8 Å². The van der Waals surface area contributed by atoms with E-state index >= 15 is 0 Å². The van der Waals surface area contributed by atoms with Gasteiger partial charge in [0, 0.05) is 0 Å². The molecule has 0 saturated heterocycles. The Morgan fingerprint density at radius 1 is 0.654 bits per heavy atom. The Hall–Kier alpha value is -0.120. The van der Waals surface area contributed by atoms with Gasteiger partial charge >= 0.3 is 0 Å². The lowest BCUT2D eigenvalue weighted by atomic mass is 9.73. The zero-order valence-corrected chi connectivity index (χ0v) is 20.2. The summed E-state index contributed by atoms with van der Waals surface area (Å²) in [6, 6.07) is 0. The van der Waals surface area contributed by atoms with Gasteiger partial charge in [0.1, 0.15) is 0 Å². The summed E-state index contributed by atoms with van der Waals surface area (Å²) < 4.78 is 0. The lowest BCUT2D eigenvalue weighted by Gasteiger charge is -2.39. The van der Waals surface area contributed by atoms with Crippen LogP contribution in [0, 0.1) is 16.2 Å². The van der Waals surface area contributed by atoms with Gasteiger partial charge in [-0.15, -0.1) is 0 Å². The molecule has 0 unspecified atom stereocenters. The van der Waals surface area contributed by atoms with Gasteiger partial charge < -0.3 is 15.3 Å². The van der Waals surface area contributed by atoms with Crippen molar-refractivity contribution in [2.75, 3.05) is 0 Å². The Balaban J connectivity index is 0. The number of hydrogen-bond acceptors (Lipinski definition) is 3. The van der Waals surface area contributed by atoms with E-state index in [2.05, 4.69) is 41.5 Å². The minimum absolute atomic E-state index is 0.00694. The summed E-state index contributed by atoms with van der Waals surface area (Å²) in [5, 5.41) is 28.8. The molecule has 1 aliphatic carbocycles. The molecule has 1 aliphatic rings. The normalized spacial score (nSPS) is 17.5. The fraction of sp³-hybridized carbons (Fsp3) is 1.00. The molecule has 0 aromatic rings. The SMILES string of the molecule is CC(C)(C)C(C)(C)O.CC(C)(C)C1(O)CC1.CCC(O)(CC)C(C)(C)C. The molecule has 0 radical (unpaired) electrons. The van der Waals surface area contributed by atoms with Crippen LogP contribution in [0.5, 0.6) is 0 Å². The Morgan fingerprint density at radius 2 is 0.923 bits per heavy atom. The molecule has 0 aliphatic heterocycles. The van der Waals surface area contributed by atoms with E-state index in [0.29, 0.717) is 0 Å².